The lowest BCUT2D eigenvalue weighted by molar-refractivity contribution is -0.157. The molecule has 0 unspecified atom stereocenters. The highest BCUT2D eigenvalue weighted by Crippen LogP contribution is 2.20. The Bertz CT molecular complexity index is 1420. The monoisotopic (exact) mass is 551 g/mol. The fraction of sp³-hybridized carbons (Fsp3) is 0.179. The van der Waals surface area contributed by atoms with Crippen LogP contribution in [0.4, 0.5) is 5.69 Å². The summed E-state index contributed by atoms with van der Waals surface area (Å²) in [6.07, 6.45) is -4.43. The average molecular weight is 552 g/mol. The van der Waals surface area contributed by atoms with E-state index in [4.69, 9.17) is 18.9 Å². The number of rotatable bonds is 11. The largest absolute Gasteiger partial charge is 0.497 e. The number of benzene rings is 3. The number of hydrogen-bond donors (Lipinski definition) is 2. The van der Waals surface area contributed by atoms with Crippen LogP contribution in [0, 0.1) is 0 Å². The van der Waals surface area contributed by atoms with Gasteiger partial charge in [-0.2, -0.15) is 0 Å². The summed E-state index contributed by atoms with van der Waals surface area (Å²) in [4.78, 5) is 63.2. The van der Waals surface area contributed by atoms with E-state index < -0.39 is 42.0 Å². The Morgan fingerprint density at radius 1 is 0.650 bits per heavy atom. The van der Waals surface area contributed by atoms with E-state index in [1.54, 1.807) is 12.1 Å². The molecule has 3 rings (SSSR count). The molecule has 12 nitrogen and oxygen atoms in total. The summed E-state index contributed by atoms with van der Waals surface area (Å²) < 4.78 is 25.3. The third-order valence-electron chi connectivity index (χ3n) is 5.41. The average Bonchev–Trinajstić information content (AvgIpc) is 2.98. The Kier molecular flexibility index (Phi) is 9.79. The van der Waals surface area contributed by atoms with Crippen molar-refractivity contribution in [3.05, 3.63) is 89.5 Å². The maximum absolute atomic E-state index is 13.3. The topological polar surface area (TPSA) is 164 Å². The van der Waals surface area contributed by atoms with E-state index in [9.17, 15) is 29.1 Å². The smallest absolute Gasteiger partial charge is 0.349 e. The molecule has 3 aromatic carbocycles. The number of carbonyl (C=O) groups is 5. The molecule has 0 heterocycles. The predicted octanol–water partition coefficient (Wildman–Crippen LogP) is 2.96. The maximum atomic E-state index is 13.3. The van der Waals surface area contributed by atoms with Crippen molar-refractivity contribution >= 4 is 35.5 Å². The van der Waals surface area contributed by atoms with Crippen molar-refractivity contribution in [2.24, 2.45) is 0 Å². The standard InChI is InChI=1S/C28H25NO11/c1-36-20-11-5-8-17(14-20)27(34)39-22(24(30)29-19-10-4-7-16(13-19)26(33)38-3)23(25(31)32)40-28(35)18-9-6-12-21(15-18)37-2/h4-15,22-23H,1-3H3,(H,29,30)(H,31,32)/t22-,23+/m1/s1. The zero-order valence-corrected chi connectivity index (χ0v) is 21.6. The minimum absolute atomic E-state index is 0.0543. The number of methoxy groups -OCH3 is 3. The second-order valence-corrected chi connectivity index (χ2v) is 8.02. The Hall–Kier alpha value is -5.39. The Balaban J connectivity index is 1.95. The molecule has 0 saturated carbocycles. The molecule has 2 N–H and O–H groups in total. The van der Waals surface area contributed by atoms with E-state index in [-0.39, 0.29) is 22.4 Å². The summed E-state index contributed by atoms with van der Waals surface area (Å²) in [6.45, 7) is 0. The van der Waals surface area contributed by atoms with E-state index in [1.807, 2.05) is 0 Å². The van der Waals surface area contributed by atoms with Gasteiger partial charge in [-0.05, 0) is 54.6 Å². The van der Waals surface area contributed by atoms with Gasteiger partial charge < -0.3 is 34.1 Å². The summed E-state index contributed by atoms with van der Waals surface area (Å²) >= 11 is 0. The zero-order chi connectivity index (χ0) is 29.2. The van der Waals surface area contributed by atoms with Crippen molar-refractivity contribution in [3.63, 3.8) is 0 Å². The number of aliphatic carboxylic acids is 1. The number of carboxylic acid groups (broad SMARTS) is 1. The van der Waals surface area contributed by atoms with Gasteiger partial charge in [0, 0.05) is 5.69 Å². The molecule has 0 aliphatic heterocycles. The van der Waals surface area contributed by atoms with Gasteiger partial charge in [0.05, 0.1) is 38.0 Å². The van der Waals surface area contributed by atoms with Gasteiger partial charge in [0.2, 0.25) is 12.2 Å². The highest BCUT2D eigenvalue weighted by atomic mass is 16.6. The molecule has 0 saturated heterocycles. The molecule has 0 aliphatic carbocycles. The van der Waals surface area contributed by atoms with Crippen LogP contribution >= 0.6 is 0 Å². The van der Waals surface area contributed by atoms with Crippen LogP contribution < -0.4 is 14.8 Å². The maximum Gasteiger partial charge on any atom is 0.349 e. The first-order chi connectivity index (χ1) is 19.2. The van der Waals surface area contributed by atoms with Gasteiger partial charge >= 0.3 is 23.9 Å². The van der Waals surface area contributed by atoms with Crippen molar-refractivity contribution in [3.8, 4) is 11.5 Å². The molecule has 1 amide bonds. The Morgan fingerprint density at radius 3 is 1.60 bits per heavy atom. The molecule has 208 valence electrons. The first-order valence-electron chi connectivity index (χ1n) is 11.6. The lowest BCUT2D eigenvalue weighted by Gasteiger charge is -2.23. The van der Waals surface area contributed by atoms with Crippen LogP contribution in [0.5, 0.6) is 11.5 Å². The van der Waals surface area contributed by atoms with Gasteiger partial charge in [0.1, 0.15) is 11.5 Å². The minimum atomic E-state index is -2.27. The quantitative estimate of drug-likeness (QED) is 0.266. The molecule has 3 aromatic rings. The SMILES string of the molecule is COC(=O)c1cccc(NC(=O)[C@H](OC(=O)c2cccc(OC)c2)[C@H](OC(=O)c2cccc(OC)c2)C(=O)O)c1. The van der Waals surface area contributed by atoms with Crippen LogP contribution in [0.2, 0.25) is 0 Å². The number of nitrogens with one attached hydrogen (secondary N) is 1. The van der Waals surface area contributed by atoms with Crippen LogP contribution in [0.1, 0.15) is 31.1 Å². The highest BCUT2D eigenvalue weighted by molar-refractivity contribution is 6.02. The third-order valence-corrected chi connectivity index (χ3v) is 5.41. The number of esters is 3. The second-order valence-electron chi connectivity index (χ2n) is 8.02. The molecular weight excluding hydrogens is 526 g/mol. The summed E-state index contributed by atoms with van der Waals surface area (Å²) in [5.41, 5.74) is 0.00538. The van der Waals surface area contributed by atoms with Crippen LogP contribution in [-0.2, 0) is 23.8 Å². The van der Waals surface area contributed by atoms with Crippen LogP contribution in [0.25, 0.3) is 0 Å². The van der Waals surface area contributed by atoms with Crippen LogP contribution in [0.15, 0.2) is 72.8 Å². The number of hydrogen-bond acceptors (Lipinski definition) is 10. The first kappa shape index (κ1) is 29.2. The fourth-order valence-electron chi connectivity index (χ4n) is 3.42. The molecule has 0 spiro atoms. The van der Waals surface area contributed by atoms with Gasteiger partial charge in [-0.15, -0.1) is 0 Å². The molecule has 12 heteroatoms. The number of carboxylic acids is 1. The number of carbonyl (C=O) groups excluding carboxylic acids is 4. The third kappa shape index (κ3) is 7.34. The van der Waals surface area contributed by atoms with Crippen molar-refractivity contribution in [2.75, 3.05) is 26.6 Å². The second kappa shape index (κ2) is 13.4. The summed E-state index contributed by atoms with van der Waals surface area (Å²) in [5.74, 6) is -5.21. The molecule has 0 fully saturated rings. The number of amides is 1. The van der Waals surface area contributed by atoms with Crippen molar-refractivity contribution in [1.82, 2.24) is 0 Å². The van der Waals surface area contributed by atoms with E-state index >= 15 is 0 Å². The highest BCUT2D eigenvalue weighted by Gasteiger charge is 2.41. The van der Waals surface area contributed by atoms with Gasteiger partial charge in [0.15, 0.2) is 0 Å². The normalized spacial score (nSPS) is 11.8. The Morgan fingerprint density at radius 2 is 1.12 bits per heavy atom. The number of anilines is 1. The molecule has 0 aromatic heterocycles. The van der Waals surface area contributed by atoms with Crippen molar-refractivity contribution < 1.29 is 52.8 Å². The van der Waals surface area contributed by atoms with Gasteiger partial charge in [0.25, 0.3) is 5.91 Å². The molecule has 0 bridgehead atoms. The van der Waals surface area contributed by atoms with E-state index in [1.165, 1.54) is 82.0 Å². The molecular formula is C28H25NO11. The molecule has 40 heavy (non-hydrogen) atoms. The summed E-state index contributed by atoms with van der Waals surface area (Å²) in [6, 6.07) is 16.9. The van der Waals surface area contributed by atoms with E-state index in [2.05, 4.69) is 10.1 Å². The van der Waals surface area contributed by atoms with E-state index in [0.29, 0.717) is 11.5 Å². The van der Waals surface area contributed by atoms with Crippen LogP contribution in [-0.4, -0.2) is 68.4 Å². The molecule has 0 radical (unpaired) electrons. The van der Waals surface area contributed by atoms with Gasteiger partial charge in [-0.25, -0.2) is 19.2 Å². The van der Waals surface area contributed by atoms with Gasteiger partial charge in [-0.3, -0.25) is 4.79 Å². The van der Waals surface area contributed by atoms with Crippen molar-refractivity contribution in [2.45, 2.75) is 12.2 Å². The first-order valence-corrected chi connectivity index (χ1v) is 11.6. The number of ether oxygens (including phenoxy) is 5. The fourth-order valence-corrected chi connectivity index (χ4v) is 3.42. The summed E-state index contributed by atoms with van der Waals surface area (Å²) in [7, 11) is 3.93. The molecule has 0 aliphatic rings. The minimum Gasteiger partial charge on any atom is -0.497 e. The van der Waals surface area contributed by atoms with E-state index in [0.717, 1.165) is 0 Å². The lowest BCUT2D eigenvalue weighted by Crippen LogP contribution is -2.48. The Labute approximate surface area is 228 Å². The van der Waals surface area contributed by atoms with Crippen LogP contribution in [0.3, 0.4) is 0 Å². The zero-order valence-electron chi connectivity index (χ0n) is 21.6. The lowest BCUT2D eigenvalue weighted by atomic mass is 10.1. The van der Waals surface area contributed by atoms with Crippen molar-refractivity contribution in [1.29, 1.82) is 0 Å². The summed E-state index contributed by atoms with van der Waals surface area (Å²) in [5, 5.41) is 12.3. The van der Waals surface area contributed by atoms with Gasteiger partial charge in [-0.1, -0.05) is 18.2 Å². The molecule has 2 atom stereocenters. The predicted molar refractivity (Wildman–Crippen MR) is 138 cm³/mol.